The normalized spacial score (nSPS) is 14.2. The van der Waals surface area contributed by atoms with Crippen LogP contribution >= 0.6 is 22.6 Å². The molecular weight excluding hydrogens is 409 g/mol. The summed E-state index contributed by atoms with van der Waals surface area (Å²) in [7, 11) is 0. The molecule has 1 aliphatic carbocycles. The Morgan fingerprint density at radius 2 is 1.50 bits per heavy atom. The van der Waals surface area contributed by atoms with Crippen molar-refractivity contribution in [3.63, 3.8) is 0 Å². The van der Waals surface area contributed by atoms with E-state index in [-0.39, 0.29) is 0 Å². The molecular formula is C21H24INO. The molecule has 1 aliphatic rings. The summed E-state index contributed by atoms with van der Waals surface area (Å²) in [6.07, 6.45) is 4.44. The Bertz CT molecular complexity index is 680. The molecule has 2 nitrogen and oxygen atoms in total. The van der Waals surface area contributed by atoms with Gasteiger partial charge in [-0.25, -0.2) is 0 Å². The summed E-state index contributed by atoms with van der Waals surface area (Å²) in [5, 5.41) is 0. The molecule has 0 heterocycles. The second kappa shape index (κ2) is 7.79. The van der Waals surface area contributed by atoms with Crippen LogP contribution in [-0.2, 0) is 10.2 Å². The first-order chi connectivity index (χ1) is 11.8. The molecule has 0 spiro atoms. The van der Waals surface area contributed by atoms with Gasteiger partial charge in [0.15, 0.2) is 0 Å². The molecule has 0 unspecified atom stereocenters. The highest BCUT2D eigenvalue weighted by atomic mass is 127. The molecule has 24 heavy (non-hydrogen) atoms. The summed E-state index contributed by atoms with van der Waals surface area (Å²) in [5.74, 6) is 0.332. The molecule has 126 valence electrons. The van der Waals surface area contributed by atoms with Crippen molar-refractivity contribution in [1.29, 1.82) is 0 Å². The number of benzene rings is 2. The van der Waals surface area contributed by atoms with Crippen molar-refractivity contribution in [2.24, 2.45) is 5.73 Å². The van der Waals surface area contributed by atoms with Gasteiger partial charge in [-0.05, 0) is 52.5 Å². The van der Waals surface area contributed by atoms with Crippen LogP contribution in [0.2, 0.25) is 0 Å². The van der Waals surface area contributed by atoms with E-state index in [9.17, 15) is 4.79 Å². The molecule has 0 saturated heterocycles. The van der Waals surface area contributed by atoms with E-state index in [1.165, 1.54) is 22.3 Å². The third-order valence-corrected chi connectivity index (χ3v) is 5.85. The van der Waals surface area contributed by atoms with Crippen LogP contribution in [0.25, 0.3) is 11.1 Å². The lowest BCUT2D eigenvalue weighted by Crippen LogP contribution is -2.35. The van der Waals surface area contributed by atoms with E-state index in [2.05, 4.69) is 71.1 Å². The Labute approximate surface area is 158 Å². The van der Waals surface area contributed by atoms with Gasteiger partial charge in [0.1, 0.15) is 5.78 Å². The topological polar surface area (TPSA) is 43.1 Å². The molecule has 0 aliphatic heterocycles. The summed E-state index contributed by atoms with van der Waals surface area (Å²) in [6.45, 7) is 0.568. The highest BCUT2D eigenvalue weighted by Gasteiger charge is 2.47. The Balaban J connectivity index is 2.14. The fraction of sp³-hybridized carbons (Fsp3) is 0.381. The number of fused-ring (bicyclic) bond motifs is 3. The van der Waals surface area contributed by atoms with Crippen LogP contribution in [0.3, 0.4) is 0 Å². The Kier molecular flexibility index (Phi) is 5.72. The van der Waals surface area contributed by atoms with Crippen molar-refractivity contribution in [3.8, 4) is 11.1 Å². The van der Waals surface area contributed by atoms with Crippen molar-refractivity contribution in [3.05, 3.63) is 59.7 Å². The summed E-state index contributed by atoms with van der Waals surface area (Å²) in [6, 6.07) is 16.9. The van der Waals surface area contributed by atoms with Crippen LogP contribution in [0.15, 0.2) is 48.5 Å². The van der Waals surface area contributed by atoms with E-state index >= 15 is 0 Å². The average molecular weight is 433 g/mol. The SMILES string of the molecule is NCCCC(=O)C1(CCCCI)c2ccccc2-c2ccccc21. The number of carbonyl (C=O) groups is 1. The molecule has 0 amide bonds. The number of Topliss-reactive ketones (excluding diaryl/α,β-unsaturated/α-hetero) is 1. The van der Waals surface area contributed by atoms with Gasteiger partial charge in [-0.1, -0.05) is 77.5 Å². The molecule has 0 bridgehead atoms. The zero-order valence-corrected chi connectivity index (χ0v) is 16.1. The highest BCUT2D eigenvalue weighted by molar-refractivity contribution is 14.1. The van der Waals surface area contributed by atoms with Gasteiger partial charge in [-0.3, -0.25) is 4.79 Å². The minimum absolute atomic E-state index is 0.332. The predicted molar refractivity (Wildman–Crippen MR) is 109 cm³/mol. The first-order valence-electron chi connectivity index (χ1n) is 8.74. The standard InChI is InChI=1S/C21H24INO/c22-14-6-5-13-21(20(24)12-7-15-23)18-10-3-1-8-16(18)17-9-2-4-11-19(17)21/h1-4,8-11H,5-7,12-15,23H2. The van der Waals surface area contributed by atoms with E-state index in [4.69, 9.17) is 5.73 Å². The van der Waals surface area contributed by atoms with E-state index in [1.54, 1.807) is 0 Å². The minimum Gasteiger partial charge on any atom is -0.330 e. The molecule has 0 fully saturated rings. The number of ketones is 1. The van der Waals surface area contributed by atoms with Gasteiger partial charge in [0.2, 0.25) is 0 Å². The number of alkyl halides is 1. The maximum Gasteiger partial charge on any atom is 0.147 e. The molecule has 0 aromatic heterocycles. The largest absolute Gasteiger partial charge is 0.330 e. The predicted octanol–water partition coefficient (Wildman–Crippen LogP) is 4.87. The smallest absolute Gasteiger partial charge is 0.147 e. The fourth-order valence-electron chi connectivity index (χ4n) is 4.00. The third kappa shape index (κ3) is 2.93. The van der Waals surface area contributed by atoms with Crippen LogP contribution in [-0.4, -0.2) is 16.8 Å². The van der Waals surface area contributed by atoms with Gasteiger partial charge < -0.3 is 5.73 Å². The molecule has 0 radical (unpaired) electrons. The maximum absolute atomic E-state index is 13.4. The number of unbranched alkanes of at least 4 members (excludes halogenated alkanes) is 1. The highest BCUT2D eigenvalue weighted by Crippen LogP contribution is 2.52. The zero-order valence-electron chi connectivity index (χ0n) is 13.9. The molecule has 0 atom stereocenters. The number of hydrogen-bond donors (Lipinski definition) is 1. The van der Waals surface area contributed by atoms with Gasteiger partial charge in [0.05, 0.1) is 5.41 Å². The fourth-order valence-corrected chi connectivity index (χ4v) is 4.53. The average Bonchev–Trinajstić information content (AvgIpc) is 2.92. The number of nitrogens with two attached hydrogens (primary N) is 1. The van der Waals surface area contributed by atoms with Gasteiger partial charge in [0, 0.05) is 6.42 Å². The van der Waals surface area contributed by atoms with E-state index in [1.807, 2.05) is 0 Å². The lowest BCUT2D eigenvalue weighted by Gasteiger charge is -2.31. The zero-order chi connectivity index (χ0) is 17.0. The third-order valence-electron chi connectivity index (χ3n) is 5.08. The van der Waals surface area contributed by atoms with Gasteiger partial charge >= 0.3 is 0 Å². The van der Waals surface area contributed by atoms with Crippen LogP contribution in [0.5, 0.6) is 0 Å². The number of halogens is 1. The first kappa shape index (κ1) is 17.6. The Hall–Kier alpha value is -1.20. The second-order valence-electron chi connectivity index (χ2n) is 6.46. The summed E-state index contributed by atoms with van der Waals surface area (Å²) >= 11 is 2.42. The van der Waals surface area contributed by atoms with Gasteiger partial charge in [-0.2, -0.15) is 0 Å². The number of carbonyl (C=O) groups excluding carboxylic acids is 1. The van der Waals surface area contributed by atoms with Crippen molar-refractivity contribution in [2.45, 2.75) is 37.5 Å². The van der Waals surface area contributed by atoms with E-state index in [0.29, 0.717) is 18.7 Å². The number of hydrogen-bond acceptors (Lipinski definition) is 2. The summed E-state index contributed by atoms with van der Waals surface area (Å²) in [5.41, 5.74) is 10.0. The van der Waals surface area contributed by atoms with Crippen LogP contribution < -0.4 is 5.73 Å². The molecule has 2 aromatic carbocycles. The molecule has 3 rings (SSSR count). The van der Waals surface area contributed by atoms with Gasteiger partial charge in [-0.15, -0.1) is 0 Å². The van der Waals surface area contributed by atoms with Crippen molar-refractivity contribution >= 4 is 28.4 Å². The maximum atomic E-state index is 13.4. The molecule has 2 aromatic rings. The summed E-state index contributed by atoms with van der Waals surface area (Å²) in [4.78, 5) is 13.4. The van der Waals surface area contributed by atoms with Crippen LogP contribution in [0, 0.1) is 0 Å². The molecule has 3 heteroatoms. The lowest BCUT2D eigenvalue weighted by atomic mass is 9.70. The second-order valence-corrected chi connectivity index (χ2v) is 7.54. The van der Waals surface area contributed by atoms with Gasteiger partial charge in [0.25, 0.3) is 0 Å². The molecule has 0 saturated carbocycles. The van der Waals surface area contributed by atoms with Crippen LogP contribution in [0.1, 0.15) is 43.2 Å². The van der Waals surface area contributed by atoms with E-state index < -0.39 is 5.41 Å². The monoisotopic (exact) mass is 433 g/mol. The quantitative estimate of drug-likeness (QED) is 0.367. The summed E-state index contributed by atoms with van der Waals surface area (Å²) < 4.78 is 1.13. The minimum atomic E-state index is -0.478. The van der Waals surface area contributed by atoms with Crippen molar-refractivity contribution < 1.29 is 4.79 Å². The number of rotatable bonds is 8. The Morgan fingerprint density at radius 3 is 2.04 bits per heavy atom. The van der Waals surface area contributed by atoms with E-state index in [0.717, 1.165) is 30.1 Å². The lowest BCUT2D eigenvalue weighted by molar-refractivity contribution is -0.123. The van der Waals surface area contributed by atoms with Crippen molar-refractivity contribution in [2.75, 3.05) is 11.0 Å². The Morgan fingerprint density at radius 1 is 0.917 bits per heavy atom. The van der Waals surface area contributed by atoms with Crippen LogP contribution in [0.4, 0.5) is 0 Å². The first-order valence-corrected chi connectivity index (χ1v) is 10.3. The van der Waals surface area contributed by atoms with Crippen molar-refractivity contribution in [1.82, 2.24) is 0 Å². The molecule has 2 N–H and O–H groups in total.